The van der Waals surface area contributed by atoms with Gasteiger partial charge in [0.2, 0.25) is 0 Å². The summed E-state index contributed by atoms with van der Waals surface area (Å²) in [6.07, 6.45) is 7.75. The Bertz CT molecular complexity index is 390. The van der Waals surface area contributed by atoms with Gasteiger partial charge in [-0.3, -0.25) is 0 Å². The van der Waals surface area contributed by atoms with Gasteiger partial charge in [0.25, 0.3) is 0 Å². The molecule has 0 aromatic heterocycles. The van der Waals surface area contributed by atoms with E-state index in [2.05, 4.69) is 4.90 Å². The van der Waals surface area contributed by atoms with Gasteiger partial charge in [0.15, 0.2) is 0 Å². The van der Waals surface area contributed by atoms with Gasteiger partial charge in [-0.2, -0.15) is 0 Å². The molecule has 0 unspecified atom stereocenters. The molecule has 1 amide bonds. The van der Waals surface area contributed by atoms with E-state index in [1.54, 1.807) is 0 Å². The maximum Gasteiger partial charge on any atom is 0.410 e. The lowest BCUT2D eigenvalue weighted by molar-refractivity contribution is -0.00818. The van der Waals surface area contributed by atoms with E-state index >= 15 is 0 Å². The predicted octanol–water partition coefficient (Wildman–Crippen LogP) is 3.26. The lowest BCUT2D eigenvalue weighted by Crippen LogP contribution is -2.53. The molecule has 120 valence electrons. The second-order valence-corrected chi connectivity index (χ2v) is 8.31. The molecule has 0 radical (unpaired) electrons. The van der Waals surface area contributed by atoms with E-state index in [1.165, 1.54) is 45.2 Å². The van der Waals surface area contributed by atoms with Crippen LogP contribution in [-0.4, -0.2) is 53.7 Å². The van der Waals surface area contributed by atoms with E-state index in [-0.39, 0.29) is 11.7 Å². The molecule has 0 atom stereocenters. The summed E-state index contributed by atoms with van der Waals surface area (Å²) in [7, 11) is 0. The predicted molar refractivity (Wildman–Crippen MR) is 83.3 cm³/mol. The highest BCUT2D eigenvalue weighted by atomic mass is 16.6. The number of likely N-dealkylation sites (tertiary alicyclic amines) is 2. The molecule has 4 nitrogen and oxygen atoms in total. The normalized spacial score (nSPS) is 34.0. The van der Waals surface area contributed by atoms with Gasteiger partial charge in [0, 0.05) is 19.1 Å². The Morgan fingerprint density at radius 2 is 1.76 bits per heavy atom. The summed E-state index contributed by atoms with van der Waals surface area (Å²) in [4.78, 5) is 16.8. The summed E-state index contributed by atoms with van der Waals surface area (Å²) in [5.74, 6) is 0. The molecule has 2 saturated heterocycles. The molecule has 0 aromatic carbocycles. The molecule has 1 aliphatic carbocycles. The van der Waals surface area contributed by atoms with Gasteiger partial charge in [-0.15, -0.1) is 0 Å². The number of carbonyl (C=O) groups excluding carboxylic acids is 1. The van der Waals surface area contributed by atoms with Crippen LogP contribution in [0.2, 0.25) is 0 Å². The van der Waals surface area contributed by atoms with E-state index in [9.17, 15) is 4.79 Å². The summed E-state index contributed by atoms with van der Waals surface area (Å²) >= 11 is 0. The highest BCUT2D eigenvalue weighted by Gasteiger charge is 2.51. The Hall–Kier alpha value is -0.770. The largest absolute Gasteiger partial charge is 0.444 e. The Labute approximate surface area is 128 Å². The SMILES string of the molecule is CC(C)(C)OC(=O)N1CCC2(CC(N3CCCCC3)C2)C1. The Balaban J connectivity index is 1.48. The van der Waals surface area contributed by atoms with Gasteiger partial charge in [-0.25, -0.2) is 4.79 Å². The fourth-order valence-corrected chi connectivity index (χ4v) is 4.23. The van der Waals surface area contributed by atoms with Crippen LogP contribution in [0.3, 0.4) is 0 Å². The molecule has 4 heteroatoms. The number of ether oxygens (including phenoxy) is 1. The summed E-state index contributed by atoms with van der Waals surface area (Å²) in [5.41, 5.74) is 0.0157. The zero-order chi connectivity index (χ0) is 15.1. The van der Waals surface area contributed by atoms with Gasteiger partial charge in [-0.05, 0) is 71.4 Å². The first-order valence-electron chi connectivity index (χ1n) is 8.59. The van der Waals surface area contributed by atoms with E-state index < -0.39 is 0 Å². The van der Waals surface area contributed by atoms with Crippen molar-refractivity contribution in [2.45, 2.75) is 70.9 Å². The minimum absolute atomic E-state index is 0.124. The van der Waals surface area contributed by atoms with Crippen LogP contribution < -0.4 is 0 Å². The van der Waals surface area contributed by atoms with Crippen LogP contribution >= 0.6 is 0 Å². The van der Waals surface area contributed by atoms with E-state index in [0.717, 1.165) is 25.6 Å². The van der Waals surface area contributed by atoms with Crippen molar-refractivity contribution >= 4 is 6.09 Å². The molecule has 0 N–H and O–H groups in total. The second kappa shape index (κ2) is 5.45. The zero-order valence-corrected chi connectivity index (χ0v) is 13.9. The lowest BCUT2D eigenvalue weighted by Gasteiger charge is -2.51. The van der Waals surface area contributed by atoms with Crippen LogP contribution in [0, 0.1) is 5.41 Å². The Kier molecular flexibility index (Phi) is 3.93. The number of hydrogen-bond acceptors (Lipinski definition) is 3. The van der Waals surface area contributed by atoms with Crippen molar-refractivity contribution < 1.29 is 9.53 Å². The van der Waals surface area contributed by atoms with Crippen LogP contribution in [0.25, 0.3) is 0 Å². The first-order valence-corrected chi connectivity index (χ1v) is 8.59. The van der Waals surface area contributed by atoms with Crippen molar-refractivity contribution in [2.24, 2.45) is 5.41 Å². The van der Waals surface area contributed by atoms with Gasteiger partial charge in [-0.1, -0.05) is 6.42 Å². The molecule has 0 bridgehead atoms. The minimum atomic E-state index is -0.386. The number of nitrogens with zero attached hydrogens (tertiary/aromatic N) is 2. The Morgan fingerprint density at radius 3 is 2.38 bits per heavy atom. The number of piperidine rings is 1. The third kappa shape index (κ3) is 3.36. The van der Waals surface area contributed by atoms with Gasteiger partial charge >= 0.3 is 6.09 Å². The number of amides is 1. The molecule has 21 heavy (non-hydrogen) atoms. The molecular formula is C17H30N2O2. The third-order valence-corrected chi connectivity index (χ3v) is 5.33. The van der Waals surface area contributed by atoms with Crippen LogP contribution in [-0.2, 0) is 4.74 Å². The summed E-state index contributed by atoms with van der Waals surface area (Å²) in [6.45, 7) is 10.2. The van der Waals surface area contributed by atoms with Gasteiger partial charge in [0.05, 0.1) is 0 Å². The molecule has 3 aliphatic rings. The Morgan fingerprint density at radius 1 is 1.10 bits per heavy atom. The highest BCUT2D eigenvalue weighted by Crippen LogP contribution is 2.50. The summed E-state index contributed by atoms with van der Waals surface area (Å²) in [6, 6.07) is 0.781. The zero-order valence-electron chi connectivity index (χ0n) is 13.9. The topological polar surface area (TPSA) is 32.8 Å². The number of hydrogen-bond donors (Lipinski definition) is 0. The van der Waals surface area contributed by atoms with Gasteiger partial charge < -0.3 is 14.5 Å². The molecule has 1 saturated carbocycles. The lowest BCUT2D eigenvalue weighted by atomic mass is 9.64. The second-order valence-electron chi connectivity index (χ2n) is 8.31. The standard InChI is InChI=1S/C17H30N2O2/c1-16(2,3)21-15(20)19-10-7-17(13-19)11-14(12-17)18-8-5-4-6-9-18/h14H,4-13H2,1-3H3. The summed E-state index contributed by atoms with van der Waals surface area (Å²) < 4.78 is 5.50. The maximum atomic E-state index is 12.2. The highest BCUT2D eigenvalue weighted by molar-refractivity contribution is 5.68. The third-order valence-electron chi connectivity index (χ3n) is 5.33. The smallest absolute Gasteiger partial charge is 0.410 e. The van der Waals surface area contributed by atoms with E-state index in [0.29, 0.717) is 5.41 Å². The van der Waals surface area contributed by atoms with Crippen LogP contribution in [0.1, 0.15) is 59.3 Å². The molecule has 2 heterocycles. The van der Waals surface area contributed by atoms with Crippen molar-refractivity contribution in [3.8, 4) is 0 Å². The molecular weight excluding hydrogens is 264 g/mol. The van der Waals surface area contributed by atoms with Crippen molar-refractivity contribution in [3.63, 3.8) is 0 Å². The van der Waals surface area contributed by atoms with E-state index in [4.69, 9.17) is 4.74 Å². The number of carbonyl (C=O) groups is 1. The number of rotatable bonds is 1. The molecule has 1 spiro atoms. The average molecular weight is 294 g/mol. The average Bonchev–Trinajstić information content (AvgIpc) is 2.81. The molecule has 2 aliphatic heterocycles. The fourth-order valence-electron chi connectivity index (χ4n) is 4.23. The fraction of sp³-hybridized carbons (Fsp3) is 0.941. The quantitative estimate of drug-likeness (QED) is 0.744. The van der Waals surface area contributed by atoms with Crippen molar-refractivity contribution in [1.29, 1.82) is 0 Å². The van der Waals surface area contributed by atoms with Crippen molar-refractivity contribution in [3.05, 3.63) is 0 Å². The first-order chi connectivity index (χ1) is 9.87. The van der Waals surface area contributed by atoms with Gasteiger partial charge in [0.1, 0.15) is 5.60 Å². The van der Waals surface area contributed by atoms with Crippen LogP contribution in [0.5, 0.6) is 0 Å². The first kappa shape index (κ1) is 15.1. The monoisotopic (exact) mass is 294 g/mol. The van der Waals surface area contributed by atoms with Crippen molar-refractivity contribution in [1.82, 2.24) is 9.80 Å². The molecule has 3 rings (SSSR count). The van der Waals surface area contributed by atoms with Crippen molar-refractivity contribution in [2.75, 3.05) is 26.2 Å². The minimum Gasteiger partial charge on any atom is -0.444 e. The van der Waals surface area contributed by atoms with Crippen LogP contribution in [0.4, 0.5) is 4.79 Å². The van der Waals surface area contributed by atoms with Crippen LogP contribution in [0.15, 0.2) is 0 Å². The molecule has 3 fully saturated rings. The molecule has 0 aromatic rings. The van der Waals surface area contributed by atoms with E-state index in [1.807, 2.05) is 25.7 Å². The summed E-state index contributed by atoms with van der Waals surface area (Å²) in [5, 5.41) is 0. The maximum absolute atomic E-state index is 12.2.